The first kappa shape index (κ1) is 18.5. The minimum atomic E-state index is -3.37. The van der Waals surface area contributed by atoms with Crippen molar-refractivity contribution in [2.75, 3.05) is 13.2 Å². The Balaban J connectivity index is 2.27. The molecule has 0 aliphatic heterocycles. The van der Waals surface area contributed by atoms with Crippen LogP contribution in [0.25, 0.3) is 0 Å². The summed E-state index contributed by atoms with van der Waals surface area (Å²) in [6, 6.07) is 0. The van der Waals surface area contributed by atoms with Crippen LogP contribution in [0.15, 0.2) is 0 Å². The predicted octanol–water partition coefficient (Wildman–Crippen LogP) is 3.13. The van der Waals surface area contributed by atoms with Crippen LogP contribution in [0.3, 0.4) is 0 Å². The van der Waals surface area contributed by atoms with E-state index in [4.69, 9.17) is 4.74 Å². The summed E-state index contributed by atoms with van der Waals surface area (Å²) in [7, 11) is 0. The molecule has 0 aromatic carbocycles. The van der Waals surface area contributed by atoms with E-state index in [0.717, 1.165) is 32.1 Å². The normalized spacial score (nSPS) is 19.5. The van der Waals surface area contributed by atoms with Gasteiger partial charge in [0.25, 0.3) is 0 Å². The van der Waals surface area contributed by atoms with Crippen LogP contribution in [0.2, 0.25) is 0 Å². The molecule has 0 heterocycles. The van der Waals surface area contributed by atoms with Crippen molar-refractivity contribution >= 4 is 5.78 Å². The highest BCUT2D eigenvalue weighted by molar-refractivity contribution is 5.82. The molecule has 1 rings (SSSR count). The second-order valence-electron chi connectivity index (χ2n) is 6.64. The Bertz CT molecular complexity index is 333. The predicted molar refractivity (Wildman–Crippen MR) is 73.9 cm³/mol. The first-order valence-electron chi connectivity index (χ1n) is 7.47. The van der Waals surface area contributed by atoms with Crippen molar-refractivity contribution in [1.29, 1.82) is 0 Å². The molecule has 6 heteroatoms. The number of hydrogen-bond donors (Lipinski definition) is 1. The lowest BCUT2D eigenvalue weighted by atomic mass is 9.86. The van der Waals surface area contributed by atoms with Gasteiger partial charge < -0.3 is 14.6 Å². The second-order valence-corrected chi connectivity index (χ2v) is 6.64. The molecular weight excluding hydrogens is 282 g/mol. The van der Waals surface area contributed by atoms with E-state index in [1.165, 1.54) is 20.8 Å². The van der Waals surface area contributed by atoms with Gasteiger partial charge in [0.2, 0.25) is 0 Å². The van der Waals surface area contributed by atoms with Gasteiger partial charge in [-0.3, -0.25) is 4.79 Å². The molecule has 0 amide bonds. The number of rotatable bonds is 7. The lowest BCUT2D eigenvalue weighted by molar-refractivity contribution is -0.314. The molecule has 1 saturated carbocycles. The molecule has 21 heavy (non-hydrogen) atoms. The summed E-state index contributed by atoms with van der Waals surface area (Å²) in [6.45, 7) is 3.10. The Morgan fingerprint density at radius 1 is 1.24 bits per heavy atom. The Labute approximate surface area is 124 Å². The van der Waals surface area contributed by atoms with Gasteiger partial charge in [-0.15, -0.1) is 0 Å². The third-order valence-corrected chi connectivity index (χ3v) is 3.76. The van der Waals surface area contributed by atoms with Crippen LogP contribution in [-0.2, 0) is 14.3 Å². The number of carbonyl (C=O) groups is 1. The minimum absolute atomic E-state index is 0.0251. The summed E-state index contributed by atoms with van der Waals surface area (Å²) in [5.74, 6) is -0.0979. The summed E-state index contributed by atoms with van der Waals surface area (Å²) in [5, 5.41) is 9.49. The molecular formula is C15H26F2O4. The maximum Gasteiger partial charge on any atom is 0.360 e. The van der Waals surface area contributed by atoms with E-state index in [0.29, 0.717) is 0 Å². The number of alkyl halides is 2. The number of hydrogen-bond acceptors (Lipinski definition) is 4. The smallest absolute Gasteiger partial charge is 0.360 e. The minimum Gasteiger partial charge on any atom is -0.366 e. The van der Waals surface area contributed by atoms with Gasteiger partial charge in [-0.05, 0) is 12.8 Å². The molecule has 1 unspecified atom stereocenters. The van der Waals surface area contributed by atoms with Crippen LogP contribution in [0, 0.1) is 11.3 Å². The van der Waals surface area contributed by atoms with E-state index in [2.05, 4.69) is 4.74 Å². The molecule has 0 aromatic heterocycles. The van der Waals surface area contributed by atoms with Gasteiger partial charge in [-0.1, -0.05) is 40.0 Å². The Kier molecular flexibility index (Phi) is 6.69. The molecule has 1 fully saturated rings. The van der Waals surface area contributed by atoms with Gasteiger partial charge in [0.05, 0.1) is 5.41 Å². The highest BCUT2D eigenvalue weighted by Crippen LogP contribution is 2.36. The highest BCUT2D eigenvalue weighted by Gasteiger charge is 2.44. The van der Waals surface area contributed by atoms with Crippen molar-refractivity contribution in [3.05, 3.63) is 0 Å². The molecule has 0 saturated heterocycles. The van der Waals surface area contributed by atoms with Crippen LogP contribution in [-0.4, -0.2) is 36.5 Å². The van der Waals surface area contributed by atoms with Crippen molar-refractivity contribution < 1.29 is 28.2 Å². The van der Waals surface area contributed by atoms with Crippen LogP contribution < -0.4 is 0 Å². The fourth-order valence-electron chi connectivity index (χ4n) is 2.16. The Hall–Kier alpha value is -0.590. The maximum absolute atomic E-state index is 13.5. The molecule has 4 nitrogen and oxygen atoms in total. The molecule has 1 aliphatic rings. The topological polar surface area (TPSA) is 55.8 Å². The van der Waals surface area contributed by atoms with Crippen molar-refractivity contribution in [1.82, 2.24) is 0 Å². The summed E-state index contributed by atoms with van der Waals surface area (Å²) >= 11 is 0. The van der Waals surface area contributed by atoms with E-state index in [1.807, 2.05) is 0 Å². The standard InChI is InChI=1S/C15H26F2O4/c1-14(2,3)15(16,17)21-10-13(19)20-9-12(18)11-7-5-4-6-8-11/h11,13,19H,4-10H2,1-3H3. The van der Waals surface area contributed by atoms with Crippen LogP contribution >= 0.6 is 0 Å². The van der Waals surface area contributed by atoms with Crippen molar-refractivity contribution in [2.24, 2.45) is 11.3 Å². The average Bonchev–Trinajstić information content (AvgIpc) is 2.42. The Morgan fingerprint density at radius 2 is 1.81 bits per heavy atom. The number of aliphatic hydroxyl groups is 1. The molecule has 1 aliphatic carbocycles. The zero-order valence-corrected chi connectivity index (χ0v) is 13.0. The molecule has 124 valence electrons. The molecule has 1 atom stereocenters. The monoisotopic (exact) mass is 308 g/mol. The SMILES string of the molecule is CC(C)(C)C(F)(F)OCC(O)OCC(=O)C1CCCCC1. The molecule has 0 bridgehead atoms. The number of carbonyl (C=O) groups excluding carboxylic acids is 1. The summed E-state index contributed by atoms with van der Waals surface area (Å²) in [5.41, 5.74) is -1.37. The fraction of sp³-hybridized carbons (Fsp3) is 0.933. The van der Waals surface area contributed by atoms with E-state index in [-0.39, 0.29) is 18.3 Å². The number of halogens is 2. The van der Waals surface area contributed by atoms with Crippen molar-refractivity contribution in [2.45, 2.75) is 65.3 Å². The van der Waals surface area contributed by atoms with Crippen LogP contribution in [0.1, 0.15) is 52.9 Å². The zero-order valence-electron chi connectivity index (χ0n) is 13.0. The van der Waals surface area contributed by atoms with Gasteiger partial charge >= 0.3 is 6.11 Å². The van der Waals surface area contributed by atoms with Crippen molar-refractivity contribution in [3.8, 4) is 0 Å². The lowest BCUT2D eigenvalue weighted by Gasteiger charge is -2.30. The second kappa shape index (κ2) is 7.61. The quantitative estimate of drug-likeness (QED) is 0.734. The van der Waals surface area contributed by atoms with E-state index in [9.17, 15) is 18.7 Å². The molecule has 0 spiro atoms. The van der Waals surface area contributed by atoms with Crippen LogP contribution in [0.4, 0.5) is 8.78 Å². The molecule has 0 aromatic rings. The largest absolute Gasteiger partial charge is 0.366 e. The van der Waals surface area contributed by atoms with Gasteiger partial charge in [0.1, 0.15) is 13.2 Å². The maximum atomic E-state index is 13.5. The Morgan fingerprint density at radius 3 is 2.33 bits per heavy atom. The average molecular weight is 308 g/mol. The highest BCUT2D eigenvalue weighted by atomic mass is 19.3. The molecule has 0 radical (unpaired) electrons. The third kappa shape index (κ3) is 5.96. The van der Waals surface area contributed by atoms with Crippen LogP contribution in [0.5, 0.6) is 0 Å². The van der Waals surface area contributed by atoms with Gasteiger partial charge in [0, 0.05) is 5.92 Å². The third-order valence-electron chi connectivity index (χ3n) is 3.76. The van der Waals surface area contributed by atoms with Gasteiger partial charge in [-0.2, -0.15) is 8.78 Å². The van der Waals surface area contributed by atoms with E-state index in [1.54, 1.807) is 0 Å². The fourth-order valence-corrected chi connectivity index (χ4v) is 2.16. The van der Waals surface area contributed by atoms with Gasteiger partial charge in [0.15, 0.2) is 12.1 Å². The van der Waals surface area contributed by atoms with E-state index >= 15 is 0 Å². The van der Waals surface area contributed by atoms with Gasteiger partial charge in [-0.25, -0.2) is 0 Å². The molecule has 1 N–H and O–H groups in total. The summed E-state index contributed by atoms with van der Waals surface area (Å²) in [4.78, 5) is 11.8. The summed E-state index contributed by atoms with van der Waals surface area (Å²) < 4.78 is 36.4. The number of Topliss-reactive ketones (excluding diaryl/α,β-unsaturated/α-hetero) is 1. The first-order valence-corrected chi connectivity index (χ1v) is 7.47. The summed E-state index contributed by atoms with van der Waals surface area (Å²) in [6.07, 6.45) is -0.00733. The van der Waals surface area contributed by atoms with Crippen molar-refractivity contribution in [3.63, 3.8) is 0 Å². The number of ether oxygens (including phenoxy) is 2. The van der Waals surface area contributed by atoms with E-state index < -0.39 is 24.4 Å². The zero-order chi connectivity index (χ0) is 16.1. The number of ketones is 1. The lowest BCUT2D eigenvalue weighted by Crippen LogP contribution is -2.39. The first-order chi connectivity index (χ1) is 9.63. The number of aliphatic hydroxyl groups excluding tert-OH is 1.